The van der Waals surface area contributed by atoms with E-state index in [0.29, 0.717) is 0 Å². The first-order valence-electron chi connectivity index (χ1n) is 7.81. The standard InChI is InChI=1S/C17H28ClNO/c1-3-4-5-6-7-8-9-13-19-14-15-16(18)11-10-12-17(15)20-2/h10-12,19H,3-9,13-14H2,1-2H3. The fourth-order valence-electron chi connectivity index (χ4n) is 2.32. The first kappa shape index (κ1) is 17.3. The van der Waals surface area contributed by atoms with Crippen molar-refractivity contribution in [3.8, 4) is 5.75 Å². The number of ether oxygens (including phenoxy) is 1. The normalized spacial score (nSPS) is 10.8. The minimum absolute atomic E-state index is 0.774. The number of unbranched alkanes of at least 4 members (excludes halogenated alkanes) is 6. The molecule has 114 valence electrons. The summed E-state index contributed by atoms with van der Waals surface area (Å²) in [5.41, 5.74) is 1.06. The minimum atomic E-state index is 0.774. The predicted octanol–water partition coefficient (Wildman–Crippen LogP) is 5.19. The van der Waals surface area contributed by atoms with Gasteiger partial charge in [0.25, 0.3) is 0 Å². The molecule has 0 aliphatic carbocycles. The van der Waals surface area contributed by atoms with E-state index < -0.39 is 0 Å². The van der Waals surface area contributed by atoms with Gasteiger partial charge in [0.1, 0.15) is 5.75 Å². The fraction of sp³-hybridized carbons (Fsp3) is 0.647. The Labute approximate surface area is 128 Å². The highest BCUT2D eigenvalue weighted by Gasteiger charge is 2.06. The lowest BCUT2D eigenvalue weighted by Crippen LogP contribution is -2.15. The second kappa shape index (κ2) is 11.0. The quantitative estimate of drug-likeness (QED) is 0.568. The Bertz CT molecular complexity index is 368. The molecule has 0 radical (unpaired) electrons. The highest BCUT2D eigenvalue weighted by atomic mass is 35.5. The van der Waals surface area contributed by atoms with Gasteiger partial charge >= 0.3 is 0 Å². The molecule has 0 atom stereocenters. The van der Waals surface area contributed by atoms with Crippen LogP contribution in [0.5, 0.6) is 5.75 Å². The van der Waals surface area contributed by atoms with Gasteiger partial charge in [0, 0.05) is 17.1 Å². The third-order valence-electron chi connectivity index (χ3n) is 3.55. The lowest BCUT2D eigenvalue weighted by atomic mass is 10.1. The van der Waals surface area contributed by atoms with Crippen LogP contribution in [0.4, 0.5) is 0 Å². The summed E-state index contributed by atoms with van der Waals surface area (Å²) < 4.78 is 5.33. The summed E-state index contributed by atoms with van der Waals surface area (Å²) in [5, 5.41) is 4.23. The number of methoxy groups -OCH3 is 1. The zero-order chi connectivity index (χ0) is 14.6. The number of nitrogens with one attached hydrogen (secondary N) is 1. The van der Waals surface area contributed by atoms with Gasteiger partial charge in [-0.2, -0.15) is 0 Å². The van der Waals surface area contributed by atoms with Gasteiger partial charge in [-0.1, -0.05) is 63.1 Å². The molecule has 1 aromatic rings. The van der Waals surface area contributed by atoms with E-state index in [1.807, 2.05) is 18.2 Å². The molecule has 0 fully saturated rings. The van der Waals surface area contributed by atoms with Crippen molar-refractivity contribution in [3.05, 3.63) is 28.8 Å². The molecule has 0 spiro atoms. The SMILES string of the molecule is CCCCCCCCCNCc1c(Cl)cccc1OC. The van der Waals surface area contributed by atoms with Crippen LogP contribution in [-0.4, -0.2) is 13.7 Å². The topological polar surface area (TPSA) is 21.3 Å². The monoisotopic (exact) mass is 297 g/mol. The van der Waals surface area contributed by atoms with Gasteiger partial charge in [-0.05, 0) is 25.1 Å². The van der Waals surface area contributed by atoms with E-state index in [-0.39, 0.29) is 0 Å². The van der Waals surface area contributed by atoms with Gasteiger partial charge in [-0.3, -0.25) is 0 Å². The van der Waals surface area contributed by atoms with Crippen LogP contribution in [0.3, 0.4) is 0 Å². The Morgan fingerprint density at radius 3 is 2.45 bits per heavy atom. The maximum Gasteiger partial charge on any atom is 0.124 e. The van der Waals surface area contributed by atoms with Gasteiger partial charge < -0.3 is 10.1 Å². The lowest BCUT2D eigenvalue weighted by molar-refractivity contribution is 0.407. The molecule has 0 aliphatic rings. The average Bonchev–Trinajstić information content (AvgIpc) is 2.46. The van der Waals surface area contributed by atoms with Gasteiger partial charge in [0.2, 0.25) is 0 Å². The molecule has 0 heterocycles. The van der Waals surface area contributed by atoms with Crippen molar-refractivity contribution >= 4 is 11.6 Å². The molecule has 0 unspecified atom stereocenters. The molecule has 0 aromatic heterocycles. The van der Waals surface area contributed by atoms with Crippen LogP contribution in [0.2, 0.25) is 5.02 Å². The molecular formula is C17H28ClNO. The van der Waals surface area contributed by atoms with Crippen LogP contribution in [0, 0.1) is 0 Å². The van der Waals surface area contributed by atoms with E-state index in [9.17, 15) is 0 Å². The average molecular weight is 298 g/mol. The van der Waals surface area contributed by atoms with Crippen molar-refractivity contribution in [2.75, 3.05) is 13.7 Å². The largest absolute Gasteiger partial charge is 0.496 e. The molecule has 0 aliphatic heterocycles. The van der Waals surface area contributed by atoms with Crippen molar-refractivity contribution in [1.29, 1.82) is 0 Å². The highest BCUT2D eigenvalue weighted by molar-refractivity contribution is 6.31. The molecule has 1 rings (SSSR count). The summed E-state index contributed by atoms with van der Waals surface area (Å²) in [6.45, 7) is 4.08. The van der Waals surface area contributed by atoms with Crippen LogP contribution >= 0.6 is 11.6 Å². The summed E-state index contributed by atoms with van der Waals surface area (Å²) in [7, 11) is 1.69. The van der Waals surface area contributed by atoms with Crippen molar-refractivity contribution in [2.45, 2.75) is 58.4 Å². The van der Waals surface area contributed by atoms with Crippen molar-refractivity contribution < 1.29 is 4.74 Å². The second-order valence-corrected chi connectivity index (χ2v) is 5.63. The maximum absolute atomic E-state index is 6.20. The zero-order valence-corrected chi connectivity index (χ0v) is 13.6. The molecule has 0 amide bonds. The van der Waals surface area contributed by atoms with Crippen molar-refractivity contribution in [1.82, 2.24) is 5.32 Å². The smallest absolute Gasteiger partial charge is 0.124 e. The number of benzene rings is 1. The van der Waals surface area contributed by atoms with Crippen LogP contribution in [0.15, 0.2) is 18.2 Å². The molecule has 2 nitrogen and oxygen atoms in total. The van der Waals surface area contributed by atoms with E-state index >= 15 is 0 Å². The minimum Gasteiger partial charge on any atom is -0.496 e. The molecule has 1 N–H and O–H groups in total. The summed E-state index contributed by atoms with van der Waals surface area (Å²) in [6.07, 6.45) is 9.38. The molecule has 0 saturated heterocycles. The molecule has 0 saturated carbocycles. The van der Waals surface area contributed by atoms with E-state index in [1.54, 1.807) is 7.11 Å². The highest BCUT2D eigenvalue weighted by Crippen LogP contribution is 2.25. The number of halogens is 1. The van der Waals surface area contributed by atoms with Crippen LogP contribution in [0.25, 0.3) is 0 Å². The second-order valence-electron chi connectivity index (χ2n) is 5.22. The fourth-order valence-corrected chi connectivity index (χ4v) is 2.55. The van der Waals surface area contributed by atoms with E-state index in [1.165, 1.54) is 44.9 Å². The summed E-state index contributed by atoms with van der Waals surface area (Å²) in [4.78, 5) is 0. The molecule has 3 heteroatoms. The first-order chi connectivity index (χ1) is 9.79. The maximum atomic E-state index is 6.20. The molecule has 1 aromatic carbocycles. The lowest BCUT2D eigenvalue weighted by Gasteiger charge is -2.11. The Morgan fingerprint density at radius 1 is 1.05 bits per heavy atom. The Balaban J connectivity index is 2.12. The first-order valence-corrected chi connectivity index (χ1v) is 8.19. The Hall–Kier alpha value is -0.730. The van der Waals surface area contributed by atoms with Gasteiger partial charge in [0.05, 0.1) is 7.11 Å². The van der Waals surface area contributed by atoms with Crippen molar-refractivity contribution in [3.63, 3.8) is 0 Å². The van der Waals surface area contributed by atoms with Gasteiger partial charge in [-0.15, -0.1) is 0 Å². The number of rotatable bonds is 11. The third kappa shape index (κ3) is 6.62. The zero-order valence-electron chi connectivity index (χ0n) is 12.9. The number of hydrogen-bond acceptors (Lipinski definition) is 2. The predicted molar refractivity (Wildman–Crippen MR) is 87.7 cm³/mol. The Morgan fingerprint density at radius 2 is 1.75 bits per heavy atom. The Kier molecular flexibility index (Phi) is 9.52. The summed E-state index contributed by atoms with van der Waals surface area (Å²) in [5.74, 6) is 0.865. The summed E-state index contributed by atoms with van der Waals surface area (Å²) >= 11 is 6.20. The molecular weight excluding hydrogens is 270 g/mol. The van der Waals surface area contributed by atoms with Crippen LogP contribution in [-0.2, 0) is 6.54 Å². The molecule has 0 bridgehead atoms. The van der Waals surface area contributed by atoms with Gasteiger partial charge in [0.15, 0.2) is 0 Å². The van der Waals surface area contributed by atoms with E-state index in [0.717, 1.165) is 29.4 Å². The van der Waals surface area contributed by atoms with Gasteiger partial charge in [-0.25, -0.2) is 0 Å². The van der Waals surface area contributed by atoms with Crippen molar-refractivity contribution in [2.24, 2.45) is 0 Å². The van der Waals surface area contributed by atoms with Crippen LogP contribution < -0.4 is 10.1 Å². The number of hydrogen-bond donors (Lipinski definition) is 1. The van der Waals surface area contributed by atoms with E-state index in [2.05, 4.69) is 12.2 Å². The van der Waals surface area contributed by atoms with Crippen LogP contribution in [0.1, 0.15) is 57.4 Å². The molecule has 20 heavy (non-hydrogen) atoms. The summed E-state index contributed by atoms with van der Waals surface area (Å²) in [6, 6.07) is 5.78. The third-order valence-corrected chi connectivity index (χ3v) is 3.91. The van der Waals surface area contributed by atoms with E-state index in [4.69, 9.17) is 16.3 Å².